The molecule has 2 fully saturated rings. The van der Waals surface area contributed by atoms with E-state index >= 15 is 0 Å². The monoisotopic (exact) mass is 504 g/mol. The summed E-state index contributed by atoms with van der Waals surface area (Å²) in [6.45, 7) is 1.86. The standard InChI is InChI=1S/C32H32N4O2/c1-19-29(32(38)36(35(19)2)24-11-7-4-8-12-24)34-31(37)23-15-16-26-25(18-23)27-21-13-14-22(17-21)28(27)30(33-26)20-9-5-3-6-10-20/h3-12,15-16,18,21-22,27-28,30,33H,13-14,17H2,1-2H3,(H,34,37)/t21-,22+,27-,28+,30-/m1/s1. The van der Waals surface area contributed by atoms with Gasteiger partial charge in [0.15, 0.2) is 0 Å². The predicted molar refractivity (Wildman–Crippen MR) is 150 cm³/mol. The minimum atomic E-state index is -0.247. The lowest BCUT2D eigenvalue weighted by molar-refractivity contribution is 0.102. The fraction of sp³-hybridized carbons (Fsp3) is 0.312. The van der Waals surface area contributed by atoms with Crippen LogP contribution in [0.2, 0.25) is 0 Å². The maximum absolute atomic E-state index is 13.5. The zero-order chi connectivity index (χ0) is 26.0. The Morgan fingerprint density at radius 2 is 1.66 bits per heavy atom. The third-order valence-corrected chi connectivity index (χ3v) is 9.30. The Bertz CT molecular complexity index is 1590. The number of rotatable bonds is 4. The van der Waals surface area contributed by atoms with E-state index in [-0.39, 0.29) is 11.5 Å². The first-order chi connectivity index (χ1) is 18.5. The van der Waals surface area contributed by atoms with E-state index < -0.39 is 0 Å². The number of benzene rings is 3. The smallest absolute Gasteiger partial charge is 0.295 e. The van der Waals surface area contributed by atoms with Crippen LogP contribution in [0.4, 0.5) is 11.4 Å². The van der Waals surface area contributed by atoms with Crippen LogP contribution in [0.15, 0.2) is 83.7 Å². The van der Waals surface area contributed by atoms with Gasteiger partial charge in [-0.1, -0.05) is 48.5 Å². The molecule has 1 aromatic heterocycles. The summed E-state index contributed by atoms with van der Waals surface area (Å²) in [5, 5.41) is 6.79. The predicted octanol–water partition coefficient (Wildman–Crippen LogP) is 6.03. The van der Waals surface area contributed by atoms with Gasteiger partial charge < -0.3 is 10.6 Å². The van der Waals surface area contributed by atoms with E-state index in [1.165, 1.54) is 30.4 Å². The summed E-state index contributed by atoms with van der Waals surface area (Å²) in [5.41, 5.74) is 5.89. The van der Waals surface area contributed by atoms with Crippen LogP contribution in [0.25, 0.3) is 5.69 Å². The molecule has 0 spiro atoms. The molecule has 0 saturated heterocycles. The average molecular weight is 505 g/mol. The van der Waals surface area contributed by atoms with Gasteiger partial charge in [-0.05, 0) is 91.3 Å². The molecule has 38 heavy (non-hydrogen) atoms. The molecule has 3 aromatic carbocycles. The molecule has 2 bridgehead atoms. The lowest BCUT2D eigenvalue weighted by atomic mass is 9.68. The Morgan fingerprint density at radius 3 is 2.42 bits per heavy atom. The van der Waals surface area contributed by atoms with Gasteiger partial charge in [0, 0.05) is 18.3 Å². The largest absolute Gasteiger partial charge is 0.378 e. The van der Waals surface area contributed by atoms with Gasteiger partial charge in [-0.15, -0.1) is 0 Å². The molecular formula is C32H32N4O2. The number of aromatic nitrogens is 2. The molecule has 2 N–H and O–H groups in total. The Labute approximate surface area is 222 Å². The summed E-state index contributed by atoms with van der Waals surface area (Å²) in [6, 6.07) is 26.6. The second kappa shape index (κ2) is 8.76. The molecule has 192 valence electrons. The Balaban J connectivity index is 1.22. The van der Waals surface area contributed by atoms with Gasteiger partial charge in [0.05, 0.1) is 17.4 Å². The van der Waals surface area contributed by atoms with Gasteiger partial charge in [0.1, 0.15) is 5.69 Å². The van der Waals surface area contributed by atoms with Crippen molar-refractivity contribution in [3.63, 3.8) is 0 Å². The molecule has 3 aliphatic rings. The molecule has 5 atom stereocenters. The molecule has 6 heteroatoms. The highest BCUT2D eigenvalue weighted by atomic mass is 16.2. The van der Waals surface area contributed by atoms with Gasteiger partial charge in [-0.2, -0.15) is 0 Å². The highest BCUT2D eigenvalue weighted by molar-refractivity contribution is 6.05. The maximum atomic E-state index is 13.5. The van der Waals surface area contributed by atoms with Crippen LogP contribution in [0.3, 0.4) is 0 Å². The number of hydrogen-bond donors (Lipinski definition) is 2. The summed E-state index contributed by atoms with van der Waals surface area (Å²) in [7, 11) is 1.84. The number of carbonyl (C=O) groups excluding carboxylic acids is 1. The number of para-hydroxylation sites is 1. The van der Waals surface area contributed by atoms with Crippen molar-refractivity contribution in [2.75, 3.05) is 10.6 Å². The zero-order valence-electron chi connectivity index (χ0n) is 21.7. The number of amides is 1. The third kappa shape index (κ3) is 3.46. The van der Waals surface area contributed by atoms with Crippen LogP contribution >= 0.6 is 0 Å². The molecular weight excluding hydrogens is 472 g/mol. The molecule has 2 heterocycles. The van der Waals surface area contributed by atoms with Crippen molar-refractivity contribution in [2.45, 2.75) is 38.1 Å². The number of hydrogen-bond acceptors (Lipinski definition) is 3. The van der Waals surface area contributed by atoms with Gasteiger partial charge in [-0.3, -0.25) is 14.3 Å². The molecule has 2 aliphatic carbocycles. The normalized spacial score (nSPS) is 24.9. The summed E-state index contributed by atoms with van der Waals surface area (Å²) < 4.78 is 3.37. The molecule has 4 aromatic rings. The summed E-state index contributed by atoms with van der Waals surface area (Å²) >= 11 is 0. The topological polar surface area (TPSA) is 68.1 Å². The highest BCUT2D eigenvalue weighted by Crippen LogP contribution is 2.63. The van der Waals surface area contributed by atoms with Crippen LogP contribution in [0.5, 0.6) is 0 Å². The van der Waals surface area contributed by atoms with Crippen molar-refractivity contribution in [3.05, 3.63) is 112 Å². The number of nitrogens with one attached hydrogen (secondary N) is 2. The van der Waals surface area contributed by atoms with E-state index in [2.05, 4.69) is 53.1 Å². The lowest BCUT2D eigenvalue weighted by Gasteiger charge is -2.43. The maximum Gasteiger partial charge on any atom is 0.295 e. The van der Waals surface area contributed by atoms with Gasteiger partial charge in [0.25, 0.3) is 11.5 Å². The van der Waals surface area contributed by atoms with E-state index in [1.54, 1.807) is 9.36 Å². The first-order valence-corrected chi connectivity index (χ1v) is 13.6. The molecule has 6 nitrogen and oxygen atoms in total. The second-order valence-corrected chi connectivity index (χ2v) is 11.2. The van der Waals surface area contributed by atoms with Gasteiger partial charge in [0.2, 0.25) is 0 Å². The van der Waals surface area contributed by atoms with E-state index in [1.807, 2.05) is 50.4 Å². The van der Waals surface area contributed by atoms with Crippen molar-refractivity contribution in [2.24, 2.45) is 24.8 Å². The SMILES string of the molecule is Cc1c(NC(=O)c2ccc3c(c2)[C@H]2[C@@H]4CC[C@@H](C4)[C@@H]2[C@@H](c2ccccc2)N3)c(=O)n(-c2ccccc2)n1C. The Hall–Kier alpha value is -4.06. The quantitative estimate of drug-likeness (QED) is 0.356. The van der Waals surface area contributed by atoms with E-state index in [0.717, 1.165) is 17.3 Å². The average Bonchev–Trinajstić information content (AvgIpc) is 3.63. The Kier molecular flexibility index (Phi) is 5.32. The molecule has 0 radical (unpaired) electrons. The van der Waals surface area contributed by atoms with Crippen LogP contribution < -0.4 is 16.2 Å². The first-order valence-electron chi connectivity index (χ1n) is 13.6. The minimum absolute atomic E-state index is 0.233. The number of anilines is 2. The molecule has 7 rings (SSSR count). The van der Waals surface area contributed by atoms with E-state index in [0.29, 0.717) is 40.7 Å². The van der Waals surface area contributed by atoms with E-state index in [4.69, 9.17) is 0 Å². The van der Waals surface area contributed by atoms with Crippen LogP contribution in [0, 0.1) is 24.7 Å². The molecule has 0 unspecified atom stereocenters. The number of carbonyl (C=O) groups is 1. The van der Waals surface area contributed by atoms with Crippen molar-refractivity contribution >= 4 is 17.3 Å². The minimum Gasteiger partial charge on any atom is -0.378 e. The van der Waals surface area contributed by atoms with E-state index in [9.17, 15) is 9.59 Å². The van der Waals surface area contributed by atoms with Crippen LogP contribution in [-0.2, 0) is 7.05 Å². The first kappa shape index (κ1) is 23.1. The third-order valence-electron chi connectivity index (χ3n) is 9.30. The molecule has 1 amide bonds. The van der Waals surface area contributed by atoms with Crippen LogP contribution in [-0.4, -0.2) is 15.3 Å². The van der Waals surface area contributed by atoms with Crippen molar-refractivity contribution in [1.82, 2.24) is 9.36 Å². The lowest BCUT2D eigenvalue weighted by Crippen LogP contribution is -2.35. The van der Waals surface area contributed by atoms with Crippen molar-refractivity contribution in [1.29, 1.82) is 0 Å². The fourth-order valence-electron chi connectivity index (χ4n) is 7.52. The van der Waals surface area contributed by atoms with Crippen LogP contribution in [0.1, 0.15) is 58.4 Å². The fourth-order valence-corrected chi connectivity index (χ4v) is 7.52. The molecule has 2 saturated carbocycles. The molecule has 1 aliphatic heterocycles. The summed E-state index contributed by atoms with van der Waals surface area (Å²) in [6.07, 6.45) is 3.84. The Morgan fingerprint density at radius 1 is 0.947 bits per heavy atom. The van der Waals surface area contributed by atoms with Crippen molar-refractivity contribution < 1.29 is 4.79 Å². The van der Waals surface area contributed by atoms with Crippen molar-refractivity contribution in [3.8, 4) is 5.69 Å². The zero-order valence-corrected chi connectivity index (χ0v) is 21.7. The highest BCUT2D eigenvalue weighted by Gasteiger charge is 2.53. The number of fused-ring (bicyclic) bond motifs is 7. The summed E-state index contributed by atoms with van der Waals surface area (Å²) in [5.74, 6) is 2.14. The summed E-state index contributed by atoms with van der Waals surface area (Å²) in [4.78, 5) is 26.8. The number of nitrogens with zero attached hydrogens (tertiary/aromatic N) is 2. The van der Waals surface area contributed by atoms with Gasteiger partial charge >= 0.3 is 0 Å². The van der Waals surface area contributed by atoms with Gasteiger partial charge in [-0.25, -0.2) is 4.68 Å². The second-order valence-electron chi connectivity index (χ2n) is 11.2.